The molecule has 6 nitrogen and oxygen atoms in total. The Hall–Kier alpha value is -3.19. The Morgan fingerprint density at radius 1 is 1.12 bits per heavy atom. The quantitative estimate of drug-likeness (QED) is 0.478. The predicted octanol–water partition coefficient (Wildman–Crippen LogP) is 5.04. The van der Waals surface area contributed by atoms with Gasteiger partial charge in [0.15, 0.2) is 5.60 Å². The van der Waals surface area contributed by atoms with Gasteiger partial charge >= 0.3 is 5.97 Å². The number of hydrogen-bond acceptors (Lipinski definition) is 6. The number of nitrogens with zero attached hydrogens (tertiary/aromatic N) is 2. The molecule has 0 saturated carbocycles. The molecule has 33 heavy (non-hydrogen) atoms. The normalized spacial score (nSPS) is 13.4. The third-order valence-electron chi connectivity index (χ3n) is 5.63. The third kappa shape index (κ3) is 4.93. The molecule has 0 fully saturated rings. The van der Waals surface area contributed by atoms with E-state index >= 15 is 0 Å². The Morgan fingerprint density at radius 3 is 2.61 bits per heavy atom. The summed E-state index contributed by atoms with van der Waals surface area (Å²) in [5.74, 6) is 0.173. The number of hydrogen-bond donors (Lipinski definition) is 0. The Morgan fingerprint density at radius 2 is 1.88 bits per heavy atom. The second-order valence-electron chi connectivity index (χ2n) is 8.54. The minimum Gasteiger partial charge on any atom is -0.476 e. The first-order valence-electron chi connectivity index (χ1n) is 11.1. The minimum atomic E-state index is -1.10. The van der Waals surface area contributed by atoms with E-state index in [0.717, 1.165) is 28.2 Å². The molecule has 2 heterocycles. The van der Waals surface area contributed by atoms with Crippen LogP contribution >= 0.6 is 11.3 Å². The molecular formula is C26H28N2O4S. The van der Waals surface area contributed by atoms with Crippen LogP contribution in [-0.2, 0) is 22.5 Å². The number of carbonyl (C=O) groups is 2. The molecule has 1 aromatic heterocycles. The van der Waals surface area contributed by atoms with E-state index in [-0.39, 0.29) is 5.91 Å². The molecule has 0 unspecified atom stereocenters. The summed E-state index contributed by atoms with van der Waals surface area (Å²) in [5.41, 5.74) is 2.88. The lowest BCUT2D eigenvalue weighted by atomic mass is 9.99. The number of thiazole rings is 1. The van der Waals surface area contributed by atoms with E-state index in [4.69, 9.17) is 9.47 Å². The number of ether oxygens (including phenoxy) is 2. The van der Waals surface area contributed by atoms with Crippen molar-refractivity contribution in [3.05, 3.63) is 70.2 Å². The van der Waals surface area contributed by atoms with Gasteiger partial charge in [0.1, 0.15) is 15.6 Å². The largest absolute Gasteiger partial charge is 0.476 e. The van der Waals surface area contributed by atoms with E-state index in [1.54, 1.807) is 20.8 Å². The van der Waals surface area contributed by atoms with E-state index in [2.05, 4.69) is 4.98 Å². The molecular weight excluding hydrogens is 436 g/mol. The lowest BCUT2D eigenvalue weighted by molar-refractivity contribution is -0.158. The highest BCUT2D eigenvalue weighted by Crippen LogP contribution is 2.31. The number of benzene rings is 2. The molecule has 7 heteroatoms. The summed E-state index contributed by atoms with van der Waals surface area (Å²) in [6, 6.07) is 15.7. The molecule has 0 N–H and O–H groups in total. The first-order chi connectivity index (χ1) is 15.8. The summed E-state index contributed by atoms with van der Waals surface area (Å²) in [6.45, 7) is 8.48. The zero-order valence-electron chi connectivity index (χ0n) is 19.4. The Labute approximate surface area is 198 Å². The molecule has 0 radical (unpaired) electrons. The highest BCUT2D eigenvalue weighted by atomic mass is 32.1. The van der Waals surface area contributed by atoms with E-state index < -0.39 is 11.6 Å². The van der Waals surface area contributed by atoms with Crippen molar-refractivity contribution in [3.63, 3.8) is 0 Å². The molecule has 2 aromatic carbocycles. The number of fused-ring (bicyclic) bond motifs is 1. The highest BCUT2D eigenvalue weighted by Gasteiger charge is 2.32. The zero-order chi connectivity index (χ0) is 23.6. The Balaban J connectivity index is 1.52. The molecule has 172 valence electrons. The fourth-order valence-corrected chi connectivity index (χ4v) is 4.89. The van der Waals surface area contributed by atoms with Gasteiger partial charge in [0.2, 0.25) is 0 Å². The lowest BCUT2D eigenvalue weighted by Crippen LogP contribution is -2.40. The number of aryl methyl sites for hydroxylation is 1. The van der Waals surface area contributed by atoms with Gasteiger partial charge in [0.05, 0.1) is 12.3 Å². The molecule has 3 aromatic rings. The fourth-order valence-electron chi connectivity index (χ4n) is 3.85. The molecule has 0 spiro atoms. The summed E-state index contributed by atoms with van der Waals surface area (Å²) in [7, 11) is 0. The van der Waals surface area contributed by atoms with Crippen LogP contribution in [0.2, 0.25) is 0 Å². The van der Waals surface area contributed by atoms with Gasteiger partial charge in [-0.3, -0.25) is 4.79 Å². The SMILES string of the molecule is CCOC(=O)C(C)(C)Oc1ccc2c(c1)CN(C(=O)c1sc(-c3ccccc3)nc1C)CC2. The topological polar surface area (TPSA) is 68.7 Å². The van der Waals surface area contributed by atoms with Crippen molar-refractivity contribution in [3.8, 4) is 16.3 Å². The van der Waals surface area contributed by atoms with Crippen LogP contribution in [0, 0.1) is 6.92 Å². The third-order valence-corrected chi connectivity index (χ3v) is 6.82. The van der Waals surface area contributed by atoms with Crippen molar-refractivity contribution < 1.29 is 19.1 Å². The van der Waals surface area contributed by atoms with Crippen LogP contribution in [0.3, 0.4) is 0 Å². The van der Waals surface area contributed by atoms with Gasteiger partial charge in [0.25, 0.3) is 5.91 Å². The summed E-state index contributed by atoms with van der Waals surface area (Å²) >= 11 is 1.44. The second-order valence-corrected chi connectivity index (χ2v) is 9.54. The lowest BCUT2D eigenvalue weighted by Gasteiger charge is -2.30. The molecule has 4 rings (SSSR count). The average Bonchev–Trinajstić information content (AvgIpc) is 3.20. The summed E-state index contributed by atoms with van der Waals surface area (Å²) in [6.07, 6.45) is 0.770. The van der Waals surface area contributed by atoms with Crippen LogP contribution in [0.4, 0.5) is 0 Å². The van der Waals surface area contributed by atoms with E-state index in [0.29, 0.717) is 30.3 Å². The summed E-state index contributed by atoms with van der Waals surface area (Å²) in [4.78, 5) is 32.7. The number of esters is 1. The number of carbonyl (C=O) groups excluding carboxylic acids is 2. The average molecular weight is 465 g/mol. The smallest absolute Gasteiger partial charge is 0.349 e. The van der Waals surface area contributed by atoms with Gasteiger partial charge in [-0.15, -0.1) is 11.3 Å². The van der Waals surface area contributed by atoms with Crippen molar-refractivity contribution in [2.24, 2.45) is 0 Å². The molecule has 0 saturated heterocycles. The number of aromatic nitrogens is 1. The fraction of sp³-hybridized carbons (Fsp3) is 0.346. The number of rotatable bonds is 6. The first-order valence-corrected chi connectivity index (χ1v) is 11.9. The van der Waals surface area contributed by atoms with Crippen LogP contribution in [-0.4, -0.2) is 40.5 Å². The van der Waals surface area contributed by atoms with Crippen molar-refractivity contribution >= 4 is 23.2 Å². The van der Waals surface area contributed by atoms with E-state index in [1.165, 1.54) is 16.9 Å². The van der Waals surface area contributed by atoms with Crippen LogP contribution in [0.1, 0.15) is 47.3 Å². The van der Waals surface area contributed by atoms with Gasteiger partial charge in [-0.1, -0.05) is 36.4 Å². The molecule has 0 aliphatic carbocycles. The maximum absolute atomic E-state index is 13.4. The van der Waals surface area contributed by atoms with Gasteiger partial charge in [-0.25, -0.2) is 9.78 Å². The molecule has 1 aliphatic rings. The van der Waals surface area contributed by atoms with Crippen LogP contribution in [0.5, 0.6) is 5.75 Å². The van der Waals surface area contributed by atoms with Crippen molar-refractivity contribution in [1.29, 1.82) is 0 Å². The van der Waals surface area contributed by atoms with Gasteiger partial charge in [-0.05, 0) is 57.4 Å². The maximum atomic E-state index is 13.4. The summed E-state index contributed by atoms with van der Waals surface area (Å²) < 4.78 is 11.1. The van der Waals surface area contributed by atoms with E-state index in [1.807, 2.05) is 60.4 Å². The monoisotopic (exact) mass is 464 g/mol. The van der Waals surface area contributed by atoms with Crippen LogP contribution in [0.15, 0.2) is 48.5 Å². The molecule has 0 bridgehead atoms. The van der Waals surface area contributed by atoms with Crippen LogP contribution < -0.4 is 4.74 Å². The zero-order valence-corrected chi connectivity index (χ0v) is 20.2. The molecule has 1 amide bonds. The van der Waals surface area contributed by atoms with Crippen molar-refractivity contribution in [2.45, 2.75) is 46.3 Å². The van der Waals surface area contributed by atoms with E-state index in [9.17, 15) is 9.59 Å². The minimum absolute atomic E-state index is 0.00370. The Bertz CT molecular complexity index is 1170. The standard InChI is InChI=1S/C26H28N2O4S/c1-5-31-25(30)26(3,4)32-21-12-11-18-13-14-28(16-20(18)15-21)24(29)22-17(2)27-23(33-22)19-9-7-6-8-10-19/h6-12,15H,5,13-14,16H2,1-4H3. The van der Waals surface area contributed by atoms with Gasteiger partial charge < -0.3 is 14.4 Å². The Kier molecular flexibility index (Phi) is 6.51. The van der Waals surface area contributed by atoms with Gasteiger partial charge in [-0.2, -0.15) is 0 Å². The summed E-state index contributed by atoms with van der Waals surface area (Å²) in [5, 5.41) is 0.853. The number of amides is 1. The van der Waals surface area contributed by atoms with Crippen molar-refractivity contribution in [2.75, 3.05) is 13.2 Å². The van der Waals surface area contributed by atoms with Crippen LogP contribution in [0.25, 0.3) is 10.6 Å². The highest BCUT2D eigenvalue weighted by molar-refractivity contribution is 7.17. The molecule has 0 atom stereocenters. The van der Waals surface area contributed by atoms with Crippen molar-refractivity contribution in [1.82, 2.24) is 9.88 Å². The van der Waals surface area contributed by atoms with Gasteiger partial charge in [0, 0.05) is 18.7 Å². The maximum Gasteiger partial charge on any atom is 0.349 e. The predicted molar refractivity (Wildman–Crippen MR) is 129 cm³/mol. The first kappa shape index (κ1) is 23.0. The second kappa shape index (κ2) is 9.35. The molecule has 1 aliphatic heterocycles.